The monoisotopic (exact) mass is 283 g/mol. The van der Waals surface area contributed by atoms with Crippen molar-refractivity contribution in [2.24, 2.45) is 0 Å². The summed E-state index contributed by atoms with van der Waals surface area (Å²) in [5.41, 5.74) is 2.03. The first-order valence-electron chi connectivity index (χ1n) is 5.86. The van der Waals surface area contributed by atoms with Crippen LogP contribution in [0.1, 0.15) is 29.9 Å². The van der Waals surface area contributed by atoms with Crippen LogP contribution in [0.5, 0.6) is 0 Å². The number of benzene rings is 1. The van der Waals surface area contributed by atoms with Crippen molar-refractivity contribution in [3.8, 4) is 0 Å². The molecule has 0 spiro atoms. The fourth-order valence-electron chi connectivity index (χ4n) is 1.97. The zero-order valence-corrected chi connectivity index (χ0v) is 11.8. The molecule has 1 unspecified atom stereocenters. The average Bonchev–Trinajstić information content (AvgIpc) is 2.76. The van der Waals surface area contributed by atoms with Gasteiger partial charge < -0.3 is 9.73 Å². The summed E-state index contributed by atoms with van der Waals surface area (Å²) in [5.74, 6) is 0.876. The highest BCUT2D eigenvalue weighted by molar-refractivity contribution is 6.42. The molecule has 18 heavy (non-hydrogen) atoms. The van der Waals surface area contributed by atoms with E-state index in [1.54, 1.807) is 12.3 Å². The normalized spacial score (nSPS) is 12.7. The van der Waals surface area contributed by atoms with Crippen LogP contribution in [0.4, 0.5) is 0 Å². The Morgan fingerprint density at radius 3 is 2.67 bits per heavy atom. The molecule has 2 rings (SSSR count). The van der Waals surface area contributed by atoms with Crippen molar-refractivity contribution in [2.45, 2.75) is 19.9 Å². The van der Waals surface area contributed by atoms with E-state index in [0.717, 1.165) is 23.4 Å². The van der Waals surface area contributed by atoms with Crippen LogP contribution in [0, 0.1) is 6.92 Å². The van der Waals surface area contributed by atoms with Gasteiger partial charge in [-0.25, -0.2) is 0 Å². The highest BCUT2D eigenvalue weighted by atomic mass is 35.5. The van der Waals surface area contributed by atoms with Crippen LogP contribution in [-0.2, 0) is 0 Å². The third-order valence-corrected chi connectivity index (χ3v) is 3.70. The Bertz CT molecular complexity index is 536. The van der Waals surface area contributed by atoms with Crippen LogP contribution >= 0.6 is 23.2 Å². The lowest BCUT2D eigenvalue weighted by Gasteiger charge is -2.19. The molecule has 0 bridgehead atoms. The first-order valence-corrected chi connectivity index (χ1v) is 6.62. The van der Waals surface area contributed by atoms with Gasteiger partial charge in [0.15, 0.2) is 0 Å². The summed E-state index contributed by atoms with van der Waals surface area (Å²) >= 11 is 12.3. The van der Waals surface area contributed by atoms with Crippen LogP contribution in [0.3, 0.4) is 0 Å². The number of hydrogen-bond acceptors (Lipinski definition) is 2. The Balaban J connectivity index is 2.48. The molecule has 0 radical (unpaired) electrons. The maximum atomic E-state index is 6.28. The molecule has 1 atom stereocenters. The fraction of sp³-hybridized carbons (Fsp3) is 0.286. The van der Waals surface area contributed by atoms with Crippen molar-refractivity contribution in [3.05, 3.63) is 57.5 Å². The molecule has 2 aromatic rings. The Labute approximate surface area is 117 Å². The number of furan rings is 1. The number of aryl methyl sites for hydroxylation is 1. The van der Waals surface area contributed by atoms with Gasteiger partial charge in [0.05, 0.1) is 22.4 Å². The smallest absolute Gasteiger partial charge is 0.128 e. The zero-order valence-electron chi connectivity index (χ0n) is 10.3. The van der Waals surface area contributed by atoms with Crippen LogP contribution < -0.4 is 5.32 Å². The molecular formula is C14H15Cl2NO. The van der Waals surface area contributed by atoms with E-state index >= 15 is 0 Å². The molecule has 0 aliphatic carbocycles. The summed E-state index contributed by atoms with van der Waals surface area (Å²) in [5, 5.41) is 4.50. The SMILES string of the molecule is CCNC(c1cccc(Cl)c1Cl)c1occc1C. The second kappa shape index (κ2) is 5.79. The van der Waals surface area contributed by atoms with Gasteiger partial charge >= 0.3 is 0 Å². The van der Waals surface area contributed by atoms with Crippen LogP contribution in [0.2, 0.25) is 10.0 Å². The van der Waals surface area contributed by atoms with Gasteiger partial charge in [-0.1, -0.05) is 42.3 Å². The number of halogens is 2. The summed E-state index contributed by atoms with van der Waals surface area (Å²) in [7, 11) is 0. The molecule has 1 aromatic carbocycles. The molecule has 0 saturated heterocycles. The van der Waals surface area contributed by atoms with E-state index in [1.807, 2.05) is 32.0 Å². The molecule has 96 valence electrons. The molecule has 0 aliphatic rings. The van der Waals surface area contributed by atoms with Crippen molar-refractivity contribution in [3.63, 3.8) is 0 Å². The lowest BCUT2D eigenvalue weighted by Crippen LogP contribution is -2.22. The van der Waals surface area contributed by atoms with Crippen LogP contribution in [0.15, 0.2) is 34.9 Å². The van der Waals surface area contributed by atoms with Gasteiger partial charge in [-0.05, 0) is 36.7 Å². The lowest BCUT2D eigenvalue weighted by molar-refractivity contribution is 0.449. The van der Waals surface area contributed by atoms with Crippen molar-refractivity contribution in [1.82, 2.24) is 5.32 Å². The molecule has 0 amide bonds. The summed E-state index contributed by atoms with van der Waals surface area (Å²) in [6.07, 6.45) is 1.69. The lowest BCUT2D eigenvalue weighted by atomic mass is 10.0. The molecule has 1 N–H and O–H groups in total. The largest absolute Gasteiger partial charge is 0.467 e. The van der Waals surface area contributed by atoms with Gasteiger partial charge in [-0.3, -0.25) is 0 Å². The van der Waals surface area contributed by atoms with Crippen molar-refractivity contribution < 1.29 is 4.42 Å². The highest BCUT2D eigenvalue weighted by Crippen LogP contribution is 2.34. The minimum Gasteiger partial charge on any atom is -0.467 e. The second-order valence-electron chi connectivity index (χ2n) is 4.10. The zero-order chi connectivity index (χ0) is 13.1. The second-order valence-corrected chi connectivity index (χ2v) is 4.89. The number of nitrogens with one attached hydrogen (secondary N) is 1. The van der Waals surface area contributed by atoms with E-state index in [-0.39, 0.29) is 6.04 Å². The van der Waals surface area contributed by atoms with E-state index in [2.05, 4.69) is 5.32 Å². The van der Waals surface area contributed by atoms with Crippen molar-refractivity contribution >= 4 is 23.2 Å². The molecule has 4 heteroatoms. The first kappa shape index (κ1) is 13.5. The Hall–Kier alpha value is -0.960. The summed E-state index contributed by atoms with van der Waals surface area (Å²) in [4.78, 5) is 0. The van der Waals surface area contributed by atoms with E-state index in [9.17, 15) is 0 Å². The maximum Gasteiger partial charge on any atom is 0.128 e. The number of rotatable bonds is 4. The Morgan fingerprint density at radius 2 is 2.06 bits per heavy atom. The van der Waals surface area contributed by atoms with Crippen molar-refractivity contribution in [1.29, 1.82) is 0 Å². The van der Waals surface area contributed by atoms with E-state index < -0.39 is 0 Å². The summed E-state index contributed by atoms with van der Waals surface area (Å²) < 4.78 is 5.56. The van der Waals surface area contributed by atoms with E-state index in [0.29, 0.717) is 10.0 Å². The Morgan fingerprint density at radius 1 is 1.28 bits per heavy atom. The minimum absolute atomic E-state index is 0.0730. The molecular weight excluding hydrogens is 269 g/mol. The van der Waals surface area contributed by atoms with Gasteiger partial charge in [0.25, 0.3) is 0 Å². The van der Waals surface area contributed by atoms with Gasteiger partial charge in [-0.2, -0.15) is 0 Å². The molecule has 2 nitrogen and oxygen atoms in total. The van der Waals surface area contributed by atoms with E-state index in [4.69, 9.17) is 27.6 Å². The minimum atomic E-state index is -0.0730. The maximum absolute atomic E-state index is 6.28. The standard InChI is InChI=1S/C14H15Cl2NO/c1-3-17-13(14-9(2)7-8-18-14)10-5-4-6-11(15)12(10)16/h4-8,13,17H,3H2,1-2H3. The van der Waals surface area contributed by atoms with Crippen LogP contribution in [0.25, 0.3) is 0 Å². The average molecular weight is 284 g/mol. The molecule has 0 fully saturated rings. The molecule has 0 aliphatic heterocycles. The third kappa shape index (κ3) is 2.56. The van der Waals surface area contributed by atoms with Crippen LogP contribution in [-0.4, -0.2) is 6.54 Å². The molecule has 1 aromatic heterocycles. The van der Waals surface area contributed by atoms with Crippen molar-refractivity contribution in [2.75, 3.05) is 6.54 Å². The van der Waals surface area contributed by atoms with Gasteiger partial charge in [0, 0.05) is 0 Å². The van der Waals surface area contributed by atoms with E-state index in [1.165, 1.54) is 0 Å². The first-order chi connectivity index (χ1) is 8.65. The quantitative estimate of drug-likeness (QED) is 0.888. The molecule has 0 saturated carbocycles. The van der Waals surface area contributed by atoms with Gasteiger partial charge in [0.2, 0.25) is 0 Å². The molecule has 1 heterocycles. The summed E-state index contributed by atoms with van der Waals surface area (Å²) in [6.45, 7) is 4.87. The number of hydrogen-bond donors (Lipinski definition) is 1. The van der Waals surface area contributed by atoms with Gasteiger partial charge in [-0.15, -0.1) is 0 Å². The fourth-order valence-corrected chi connectivity index (χ4v) is 2.39. The predicted octanol–water partition coefficient (Wildman–Crippen LogP) is 4.59. The highest BCUT2D eigenvalue weighted by Gasteiger charge is 2.21. The van der Waals surface area contributed by atoms with Gasteiger partial charge in [0.1, 0.15) is 5.76 Å². The topological polar surface area (TPSA) is 25.2 Å². The third-order valence-electron chi connectivity index (χ3n) is 2.86. The predicted molar refractivity (Wildman–Crippen MR) is 75.4 cm³/mol. The Kier molecular flexibility index (Phi) is 4.33. The summed E-state index contributed by atoms with van der Waals surface area (Å²) in [6, 6.07) is 7.51.